The highest BCUT2D eigenvalue weighted by atomic mass is 15.4. The van der Waals surface area contributed by atoms with Crippen LogP contribution in [-0.2, 0) is 6.42 Å². The molecule has 2 aromatic rings. The minimum absolute atomic E-state index is 0.389. The zero-order valence-electron chi connectivity index (χ0n) is 12.6. The van der Waals surface area contributed by atoms with Crippen LogP contribution in [0.15, 0.2) is 30.3 Å². The van der Waals surface area contributed by atoms with Crippen LogP contribution in [0.1, 0.15) is 61.5 Å². The maximum Gasteiger partial charge on any atom is 0.146 e. The van der Waals surface area contributed by atoms with E-state index in [1.807, 2.05) is 6.07 Å². The van der Waals surface area contributed by atoms with Gasteiger partial charge in [-0.05, 0) is 24.3 Å². The highest BCUT2D eigenvalue weighted by Gasteiger charge is 2.25. The molecular weight excluding hydrogens is 260 g/mol. The third-order valence-corrected chi connectivity index (χ3v) is 4.64. The molecule has 1 atom stereocenters. The summed E-state index contributed by atoms with van der Waals surface area (Å²) in [5, 5.41) is 0. The molecule has 21 heavy (non-hydrogen) atoms. The van der Waals surface area contributed by atoms with Crippen LogP contribution in [0, 0.1) is 0 Å². The van der Waals surface area contributed by atoms with Crippen molar-refractivity contribution in [3.63, 3.8) is 0 Å². The van der Waals surface area contributed by atoms with Gasteiger partial charge in [-0.15, -0.1) is 0 Å². The monoisotopic (exact) mass is 284 g/mol. The standard InChI is InChI=1S/C17H24N4/c1-12(13-7-3-2-4-8-13)11-15-16(18)21(19)17(20-15)14-9-5-6-10-14/h2-4,7-8,12,14H,5-6,9-11,18-19H2,1H3. The molecule has 1 aromatic heterocycles. The molecule has 0 aliphatic heterocycles. The van der Waals surface area contributed by atoms with E-state index in [0.717, 1.165) is 17.9 Å². The average molecular weight is 284 g/mol. The number of hydrogen-bond donors (Lipinski definition) is 2. The number of nitrogen functional groups attached to an aromatic ring is 2. The third-order valence-electron chi connectivity index (χ3n) is 4.64. The highest BCUT2D eigenvalue weighted by molar-refractivity contribution is 5.40. The number of imidazole rings is 1. The summed E-state index contributed by atoms with van der Waals surface area (Å²) in [5.41, 5.74) is 8.42. The summed E-state index contributed by atoms with van der Waals surface area (Å²) in [6, 6.07) is 10.5. The van der Waals surface area contributed by atoms with Gasteiger partial charge in [-0.25, -0.2) is 9.66 Å². The van der Waals surface area contributed by atoms with Crippen molar-refractivity contribution in [2.24, 2.45) is 0 Å². The molecule has 0 amide bonds. The van der Waals surface area contributed by atoms with E-state index in [4.69, 9.17) is 16.6 Å². The Morgan fingerprint density at radius 1 is 1.24 bits per heavy atom. The second-order valence-corrected chi connectivity index (χ2v) is 6.17. The van der Waals surface area contributed by atoms with Gasteiger partial charge in [-0.3, -0.25) is 0 Å². The van der Waals surface area contributed by atoms with Crippen molar-refractivity contribution in [2.45, 2.75) is 50.9 Å². The molecule has 0 bridgehead atoms. The minimum atomic E-state index is 0.389. The first-order chi connectivity index (χ1) is 10.2. The number of nitrogens with zero attached hydrogens (tertiary/aromatic N) is 2. The van der Waals surface area contributed by atoms with Gasteiger partial charge < -0.3 is 11.6 Å². The largest absolute Gasteiger partial charge is 0.382 e. The Labute approximate surface area is 126 Å². The molecule has 112 valence electrons. The van der Waals surface area contributed by atoms with Crippen LogP contribution in [0.25, 0.3) is 0 Å². The molecule has 1 aliphatic carbocycles. The van der Waals surface area contributed by atoms with Crippen molar-refractivity contribution in [1.82, 2.24) is 9.66 Å². The zero-order chi connectivity index (χ0) is 14.8. The lowest BCUT2D eigenvalue weighted by atomic mass is 9.96. The zero-order valence-corrected chi connectivity index (χ0v) is 12.6. The summed E-state index contributed by atoms with van der Waals surface area (Å²) >= 11 is 0. The fraction of sp³-hybridized carbons (Fsp3) is 0.471. The number of anilines is 1. The molecule has 1 heterocycles. The van der Waals surface area contributed by atoms with E-state index in [2.05, 4.69) is 31.2 Å². The Hall–Kier alpha value is -1.97. The minimum Gasteiger partial charge on any atom is -0.382 e. The normalized spacial score (nSPS) is 17.2. The van der Waals surface area contributed by atoms with E-state index < -0.39 is 0 Å². The van der Waals surface area contributed by atoms with E-state index in [-0.39, 0.29) is 0 Å². The number of benzene rings is 1. The number of aromatic nitrogens is 2. The van der Waals surface area contributed by atoms with Crippen molar-refractivity contribution in [2.75, 3.05) is 11.6 Å². The van der Waals surface area contributed by atoms with Crippen LogP contribution in [0.4, 0.5) is 5.82 Å². The fourth-order valence-corrected chi connectivity index (χ4v) is 3.32. The van der Waals surface area contributed by atoms with E-state index in [9.17, 15) is 0 Å². The van der Waals surface area contributed by atoms with E-state index in [1.165, 1.54) is 31.2 Å². The first-order valence-corrected chi connectivity index (χ1v) is 7.83. The lowest BCUT2D eigenvalue weighted by Gasteiger charge is -2.10. The van der Waals surface area contributed by atoms with Crippen LogP contribution >= 0.6 is 0 Å². The number of rotatable bonds is 4. The van der Waals surface area contributed by atoms with Gasteiger partial charge >= 0.3 is 0 Å². The molecule has 1 saturated carbocycles. The number of nitrogens with two attached hydrogens (primary N) is 2. The first kappa shape index (κ1) is 14.0. The summed E-state index contributed by atoms with van der Waals surface area (Å²) in [6.07, 6.45) is 5.74. The second kappa shape index (κ2) is 5.80. The van der Waals surface area contributed by atoms with Gasteiger partial charge in [0.15, 0.2) is 0 Å². The van der Waals surface area contributed by atoms with Crippen LogP contribution < -0.4 is 11.6 Å². The average Bonchev–Trinajstić information content (AvgIpc) is 3.12. The van der Waals surface area contributed by atoms with Crippen molar-refractivity contribution in [1.29, 1.82) is 0 Å². The van der Waals surface area contributed by atoms with Gasteiger partial charge in [-0.2, -0.15) is 0 Å². The fourth-order valence-electron chi connectivity index (χ4n) is 3.32. The summed E-state index contributed by atoms with van der Waals surface area (Å²) in [5.74, 6) is 8.60. The van der Waals surface area contributed by atoms with Gasteiger partial charge in [0.25, 0.3) is 0 Å². The topological polar surface area (TPSA) is 69.9 Å². The molecule has 1 aliphatic rings. The third kappa shape index (κ3) is 2.75. The van der Waals surface area contributed by atoms with E-state index in [0.29, 0.717) is 17.7 Å². The molecule has 1 fully saturated rings. The molecule has 0 spiro atoms. The SMILES string of the molecule is CC(Cc1nc(C2CCCC2)n(N)c1N)c1ccccc1. The molecule has 1 aromatic carbocycles. The Balaban J connectivity index is 1.81. The predicted octanol–water partition coefficient (Wildman–Crippen LogP) is 3.18. The summed E-state index contributed by atoms with van der Waals surface area (Å²) in [7, 11) is 0. The van der Waals surface area contributed by atoms with Crippen LogP contribution in [0.2, 0.25) is 0 Å². The van der Waals surface area contributed by atoms with Gasteiger partial charge in [0.1, 0.15) is 11.6 Å². The van der Waals surface area contributed by atoms with Crippen LogP contribution in [0.5, 0.6) is 0 Å². The Kier molecular flexibility index (Phi) is 3.86. The summed E-state index contributed by atoms with van der Waals surface area (Å²) < 4.78 is 1.61. The number of hydrogen-bond acceptors (Lipinski definition) is 3. The second-order valence-electron chi connectivity index (χ2n) is 6.17. The lowest BCUT2D eigenvalue weighted by Crippen LogP contribution is -2.17. The van der Waals surface area contributed by atoms with Crippen molar-refractivity contribution in [3.8, 4) is 0 Å². The summed E-state index contributed by atoms with van der Waals surface area (Å²) in [6.45, 7) is 2.21. The van der Waals surface area contributed by atoms with Crippen molar-refractivity contribution in [3.05, 3.63) is 47.4 Å². The molecule has 3 rings (SSSR count). The Morgan fingerprint density at radius 3 is 2.57 bits per heavy atom. The highest BCUT2D eigenvalue weighted by Crippen LogP contribution is 2.35. The van der Waals surface area contributed by atoms with Gasteiger partial charge in [0.05, 0.1) is 5.69 Å². The molecule has 1 unspecified atom stereocenters. The molecule has 0 saturated heterocycles. The van der Waals surface area contributed by atoms with Gasteiger partial charge in [0.2, 0.25) is 0 Å². The maximum atomic E-state index is 6.17. The predicted molar refractivity (Wildman–Crippen MR) is 86.6 cm³/mol. The van der Waals surface area contributed by atoms with Crippen LogP contribution in [0.3, 0.4) is 0 Å². The molecule has 4 nitrogen and oxygen atoms in total. The van der Waals surface area contributed by atoms with Crippen molar-refractivity contribution < 1.29 is 0 Å². The molecular formula is C17H24N4. The van der Waals surface area contributed by atoms with E-state index in [1.54, 1.807) is 4.68 Å². The Morgan fingerprint density at radius 2 is 1.90 bits per heavy atom. The maximum absolute atomic E-state index is 6.17. The van der Waals surface area contributed by atoms with Crippen molar-refractivity contribution >= 4 is 5.82 Å². The molecule has 4 heteroatoms. The Bertz CT molecular complexity index is 597. The smallest absolute Gasteiger partial charge is 0.146 e. The van der Waals surface area contributed by atoms with Gasteiger partial charge in [0, 0.05) is 12.3 Å². The summed E-state index contributed by atoms with van der Waals surface area (Å²) in [4.78, 5) is 4.77. The molecule has 0 radical (unpaired) electrons. The quantitative estimate of drug-likeness (QED) is 0.847. The first-order valence-electron chi connectivity index (χ1n) is 7.83. The van der Waals surface area contributed by atoms with E-state index >= 15 is 0 Å². The van der Waals surface area contributed by atoms with Gasteiger partial charge in [-0.1, -0.05) is 50.1 Å². The van der Waals surface area contributed by atoms with Crippen LogP contribution in [-0.4, -0.2) is 9.66 Å². The lowest BCUT2D eigenvalue weighted by molar-refractivity contribution is 0.644. The molecule has 4 N–H and O–H groups in total.